The van der Waals surface area contributed by atoms with Crippen molar-refractivity contribution in [3.8, 4) is 5.75 Å². The molecule has 5 rings (SSSR count). The summed E-state index contributed by atoms with van der Waals surface area (Å²) < 4.78 is 19.2. The van der Waals surface area contributed by atoms with Gasteiger partial charge in [-0.15, -0.1) is 0 Å². The number of benzene rings is 3. The number of rotatable bonds is 11. The van der Waals surface area contributed by atoms with E-state index in [-0.39, 0.29) is 18.3 Å². The Labute approximate surface area is 226 Å². The third-order valence-corrected chi connectivity index (χ3v) is 7.52. The molecule has 0 spiro atoms. The van der Waals surface area contributed by atoms with Crippen LogP contribution in [-0.4, -0.2) is 53.5 Å². The fraction of sp³-hybridized carbons (Fsp3) is 0.400. The topological polar surface area (TPSA) is 78.9 Å². The number of fused-ring (bicyclic) bond motifs is 1. The Hall–Kier alpha value is -3.00. The molecule has 38 heavy (non-hydrogen) atoms. The zero-order valence-corrected chi connectivity index (χ0v) is 21.9. The van der Waals surface area contributed by atoms with Crippen LogP contribution in [-0.2, 0) is 16.0 Å². The summed E-state index contributed by atoms with van der Waals surface area (Å²) in [6.45, 7) is 2.20. The van der Waals surface area contributed by atoms with Crippen LogP contribution in [0.4, 0.5) is 4.39 Å². The monoisotopic (exact) mass is 538 g/mol. The van der Waals surface area contributed by atoms with Crippen molar-refractivity contribution >= 4 is 34.1 Å². The van der Waals surface area contributed by atoms with E-state index in [1.165, 1.54) is 12.1 Å². The highest BCUT2D eigenvalue weighted by atomic mass is 35.5. The molecule has 2 fully saturated rings. The van der Waals surface area contributed by atoms with Gasteiger partial charge in [-0.25, -0.2) is 4.39 Å². The number of hydrogen-bond donors (Lipinski definition) is 2. The van der Waals surface area contributed by atoms with E-state index in [1.807, 2.05) is 18.2 Å². The summed E-state index contributed by atoms with van der Waals surface area (Å²) in [4.78, 5) is 27.9. The fourth-order valence-corrected chi connectivity index (χ4v) is 5.14. The van der Waals surface area contributed by atoms with Gasteiger partial charge in [0.15, 0.2) is 0 Å². The number of ether oxygens (including phenoxy) is 1. The van der Waals surface area contributed by atoms with Crippen LogP contribution in [0.3, 0.4) is 0 Å². The number of hydrogen-bond acceptors (Lipinski definition) is 5. The van der Waals surface area contributed by atoms with Crippen LogP contribution in [0.5, 0.6) is 5.75 Å². The number of amides is 1. The number of aryl methyl sites for hydroxylation is 1. The minimum Gasteiger partial charge on any atom is -0.489 e. The first-order chi connectivity index (χ1) is 18.4. The second-order valence-corrected chi connectivity index (χ2v) is 10.7. The van der Waals surface area contributed by atoms with E-state index in [0.717, 1.165) is 55.1 Å². The van der Waals surface area contributed by atoms with Crippen molar-refractivity contribution in [2.75, 3.05) is 19.6 Å². The molecule has 1 aliphatic carbocycles. The van der Waals surface area contributed by atoms with E-state index >= 15 is 0 Å². The standard InChI is InChI=1S/C30H32ClFN2O4/c31-25-17-22(7-12-28(25)38-24-9-10-24)29(36)26(18-34-13-1-2-14-34)33-30(37)27(35)11-4-19-3-5-21-16-23(32)8-6-20(21)15-19/h3,5-8,12,15-17,24,26,29,36H,1-2,4,9-11,13-14,18H2,(H,33,37). The number of halogens is 2. The first-order valence-electron chi connectivity index (χ1n) is 13.2. The molecule has 2 unspecified atom stereocenters. The molecular formula is C30H32ClFN2O4. The number of carbonyl (C=O) groups excluding carboxylic acids is 2. The minimum absolute atomic E-state index is 0.0318. The van der Waals surface area contributed by atoms with Gasteiger partial charge >= 0.3 is 0 Å². The molecule has 1 amide bonds. The second kappa shape index (κ2) is 11.8. The first kappa shape index (κ1) is 26.6. The third-order valence-electron chi connectivity index (χ3n) is 7.23. The fourth-order valence-electron chi connectivity index (χ4n) is 4.90. The first-order valence-corrected chi connectivity index (χ1v) is 13.6. The Morgan fingerprint density at radius 2 is 1.79 bits per heavy atom. The van der Waals surface area contributed by atoms with Crippen LogP contribution in [0.15, 0.2) is 54.6 Å². The highest BCUT2D eigenvalue weighted by Crippen LogP contribution is 2.34. The van der Waals surface area contributed by atoms with Crippen LogP contribution < -0.4 is 10.1 Å². The number of carbonyl (C=O) groups is 2. The van der Waals surface area contributed by atoms with Gasteiger partial charge in [0, 0.05) is 13.0 Å². The molecule has 2 aliphatic rings. The Kier molecular flexibility index (Phi) is 8.27. The summed E-state index contributed by atoms with van der Waals surface area (Å²) in [5, 5.41) is 16.1. The molecular weight excluding hydrogens is 507 g/mol. The predicted molar refractivity (Wildman–Crippen MR) is 145 cm³/mol. The van der Waals surface area contributed by atoms with Crippen LogP contribution in [0.2, 0.25) is 5.02 Å². The molecule has 2 N–H and O–H groups in total. The molecule has 0 radical (unpaired) electrons. The largest absolute Gasteiger partial charge is 0.489 e. The molecule has 200 valence electrons. The maximum atomic E-state index is 13.4. The quantitative estimate of drug-likeness (QED) is 0.336. The SMILES string of the molecule is O=C(CCc1ccc2cc(F)ccc2c1)C(=O)NC(CN1CCCC1)C(O)c1ccc(OC2CC2)c(Cl)c1. The number of likely N-dealkylation sites (tertiary alicyclic amines) is 1. The van der Waals surface area contributed by atoms with Crippen LogP contribution in [0.25, 0.3) is 10.8 Å². The predicted octanol–water partition coefficient (Wildman–Crippen LogP) is 4.99. The van der Waals surface area contributed by atoms with E-state index in [9.17, 15) is 19.1 Å². The minimum atomic E-state index is -1.04. The third kappa shape index (κ3) is 6.70. The van der Waals surface area contributed by atoms with Gasteiger partial charge in [0.05, 0.1) is 17.2 Å². The van der Waals surface area contributed by atoms with Gasteiger partial charge in [-0.05, 0) is 91.4 Å². The molecule has 3 aromatic rings. The Bertz CT molecular complexity index is 1320. The summed E-state index contributed by atoms with van der Waals surface area (Å²) in [5.41, 5.74) is 1.45. The lowest BCUT2D eigenvalue weighted by molar-refractivity contribution is -0.139. The molecule has 2 atom stereocenters. The maximum Gasteiger partial charge on any atom is 0.287 e. The summed E-state index contributed by atoms with van der Waals surface area (Å²) in [5.74, 6) is -0.975. The Morgan fingerprint density at radius 1 is 1.05 bits per heavy atom. The number of nitrogens with zero attached hydrogens (tertiary/aromatic N) is 1. The molecule has 1 saturated heterocycles. The molecule has 6 nitrogen and oxygen atoms in total. The van der Waals surface area contributed by atoms with Gasteiger partial charge in [0.25, 0.3) is 5.91 Å². The second-order valence-electron chi connectivity index (χ2n) is 10.3. The molecule has 8 heteroatoms. The Morgan fingerprint density at radius 3 is 2.53 bits per heavy atom. The van der Waals surface area contributed by atoms with Crippen molar-refractivity contribution in [2.45, 2.75) is 56.8 Å². The smallest absolute Gasteiger partial charge is 0.287 e. The average Bonchev–Trinajstić information content (AvgIpc) is 3.58. The lowest BCUT2D eigenvalue weighted by Gasteiger charge is -2.28. The van der Waals surface area contributed by atoms with Crippen LogP contribution in [0, 0.1) is 5.82 Å². The molecule has 0 aromatic heterocycles. The van der Waals surface area contributed by atoms with E-state index in [4.69, 9.17) is 16.3 Å². The van der Waals surface area contributed by atoms with Gasteiger partial charge in [-0.1, -0.05) is 41.9 Å². The molecule has 3 aromatic carbocycles. The summed E-state index contributed by atoms with van der Waals surface area (Å²) in [7, 11) is 0. The normalized spacial score (nSPS) is 17.3. The number of aliphatic hydroxyl groups is 1. The lowest BCUT2D eigenvalue weighted by Crippen LogP contribution is -2.48. The van der Waals surface area contributed by atoms with Gasteiger partial charge in [0.2, 0.25) is 5.78 Å². The van der Waals surface area contributed by atoms with Crippen molar-refractivity contribution in [1.29, 1.82) is 0 Å². The molecule has 1 aliphatic heterocycles. The van der Waals surface area contributed by atoms with Crippen LogP contribution >= 0.6 is 11.6 Å². The maximum absolute atomic E-state index is 13.4. The van der Waals surface area contributed by atoms with E-state index in [1.54, 1.807) is 24.3 Å². The molecule has 0 bridgehead atoms. The highest BCUT2D eigenvalue weighted by Gasteiger charge is 2.30. The van der Waals surface area contributed by atoms with Crippen molar-refractivity contribution in [3.05, 3.63) is 76.6 Å². The zero-order chi connectivity index (χ0) is 26.6. The number of Topliss-reactive ketones (excluding diaryl/α,β-unsaturated/α-hetero) is 1. The lowest BCUT2D eigenvalue weighted by atomic mass is 10.00. The van der Waals surface area contributed by atoms with E-state index in [0.29, 0.717) is 29.3 Å². The van der Waals surface area contributed by atoms with E-state index in [2.05, 4.69) is 10.2 Å². The summed E-state index contributed by atoms with van der Waals surface area (Å²) in [6.07, 6.45) is 3.73. The van der Waals surface area contributed by atoms with E-state index < -0.39 is 23.8 Å². The average molecular weight is 539 g/mol. The van der Waals surface area contributed by atoms with Gasteiger partial charge in [0.1, 0.15) is 17.7 Å². The number of ketones is 1. The van der Waals surface area contributed by atoms with Crippen molar-refractivity contribution in [2.24, 2.45) is 0 Å². The molecule has 1 saturated carbocycles. The number of nitrogens with one attached hydrogen (secondary N) is 1. The van der Waals surface area contributed by atoms with Crippen molar-refractivity contribution in [3.63, 3.8) is 0 Å². The molecule has 1 heterocycles. The van der Waals surface area contributed by atoms with Gasteiger partial charge in [-0.2, -0.15) is 0 Å². The zero-order valence-electron chi connectivity index (χ0n) is 21.2. The van der Waals surface area contributed by atoms with Crippen molar-refractivity contribution < 1.29 is 23.8 Å². The van der Waals surface area contributed by atoms with Crippen LogP contribution in [0.1, 0.15) is 49.3 Å². The summed E-state index contributed by atoms with van der Waals surface area (Å²) in [6, 6.07) is 14.6. The summed E-state index contributed by atoms with van der Waals surface area (Å²) >= 11 is 6.41. The highest BCUT2D eigenvalue weighted by molar-refractivity contribution is 6.36. The van der Waals surface area contributed by atoms with Gasteiger partial charge in [-0.3, -0.25) is 9.59 Å². The Balaban J connectivity index is 1.23. The van der Waals surface area contributed by atoms with Gasteiger partial charge < -0.3 is 20.1 Å². The number of aliphatic hydroxyl groups excluding tert-OH is 1. The van der Waals surface area contributed by atoms with Crippen molar-refractivity contribution in [1.82, 2.24) is 10.2 Å².